The van der Waals surface area contributed by atoms with Crippen LogP contribution in [0, 0.1) is 3.57 Å². The number of aryl methyl sites for hydroxylation is 1. The largest absolute Gasteiger partial charge is 0.263 e. The lowest BCUT2D eigenvalue weighted by Gasteiger charge is -2.07. The molecule has 0 aliphatic rings. The standard InChI is InChI=1S/C12H10BrClIN3/c1-2-3-9-10(15)11(14)18-12(17-9)7-4-8(13)6-16-5-7/h4-6H,2-3H2,1H3. The lowest BCUT2D eigenvalue weighted by atomic mass is 10.2. The summed E-state index contributed by atoms with van der Waals surface area (Å²) in [6, 6.07) is 1.93. The van der Waals surface area contributed by atoms with Crippen molar-refractivity contribution in [2.75, 3.05) is 0 Å². The van der Waals surface area contributed by atoms with Gasteiger partial charge >= 0.3 is 0 Å². The Morgan fingerprint density at radius 2 is 2.11 bits per heavy atom. The minimum Gasteiger partial charge on any atom is -0.263 e. The maximum absolute atomic E-state index is 6.15. The topological polar surface area (TPSA) is 38.7 Å². The van der Waals surface area contributed by atoms with Gasteiger partial charge in [0.25, 0.3) is 0 Å². The van der Waals surface area contributed by atoms with Gasteiger partial charge in [0.05, 0.1) is 9.26 Å². The fraction of sp³-hybridized carbons (Fsp3) is 0.250. The molecule has 6 heteroatoms. The Bertz CT molecular complexity index is 577. The third kappa shape index (κ3) is 3.19. The summed E-state index contributed by atoms with van der Waals surface area (Å²) in [5, 5.41) is 0.504. The molecule has 2 aromatic heterocycles. The van der Waals surface area contributed by atoms with Gasteiger partial charge in [-0.1, -0.05) is 24.9 Å². The first-order chi connectivity index (χ1) is 8.61. The second kappa shape index (κ2) is 6.25. The van der Waals surface area contributed by atoms with Gasteiger partial charge in [-0.2, -0.15) is 0 Å². The van der Waals surface area contributed by atoms with E-state index in [4.69, 9.17) is 11.6 Å². The lowest BCUT2D eigenvalue weighted by molar-refractivity contribution is 0.867. The number of pyridine rings is 1. The van der Waals surface area contributed by atoms with Crippen molar-refractivity contribution < 1.29 is 0 Å². The van der Waals surface area contributed by atoms with Crippen LogP contribution in [0.5, 0.6) is 0 Å². The molecule has 0 radical (unpaired) electrons. The summed E-state index contributed by atoms with van der Waals surface area (Å²) < 4.78 is 1.83. The zero-order valence-corrected chi connectivity index (χ0v) is 14.1. The van der Waals surface area contributed by atoms with Crippen molar-refractivity contribution in [1.29, 1.82) is 0 Å². The summed E-state index contributed by atoms with van der Waals surface area (Å²) in [7, 11) is 0. The van der Waals surface area contributed by atoms with E-state index in [1.165, 1.54) is 0 Å². The number of hydrogen-bond acceptors (Lipinski definition) is 3. The first-order valence-electron chi connectivity index (χ1n) is 5.44. The first-order valence-corrected chi connectivity index (χ1v) is 7.69. The third-order valence-electron chi connectivity index (χ3n) is 2.33. The molecule has 0 aliphatic carbocycles. The van der Waals surface area contributed by atoms with Crippen LogP contribution in [0.1, 0.15) is 19.0 Å². The van der Waals surface area contributed by atoms with Crippen molar-refractivity contribution in [2.24, 2.45) is 0 Å². The van der Waals surface area contributed by atoms with Crippen LogP contribution in [0.15, 0.2) is 22.9 Å². The molecule has 18 heavy (non-hydrogen) atoms. The first kappa shape index (κ1) is 14.1. The zero-order chi connectivity index (χ0) is 13.1. The molecule has 0 aliphatic heterocycles. The molecular formula is C12H10BrClIN3. The van der Waals surface area contributed by atoms with Crippen LogP contribution in [0.4, 0.5) is 0 Å². The van der Waals surface area contributed by atoms with Crippen LogP contribution >= 0.6 is 50.1 Å². The number of halogens is 3. The van der Waals surface area contributed by atoms with Gasteiger partial charge in [-0.15, -0.1) is 0 Å². The zero-order valence-electron chi connectivity index (χ0n) is 9.62. The van der Waals surface area contributed by atoms with E-state index in [9.17, 15) is 0 Å². The second-order valence-electron chi connectivity index (χ2n) is 3.74. The molecule has 2 rings (SSSR count). The highest BCUT2D eigenvalue weighted by Gasteiger charge is 2.11. The molecule has 0 amide bonds. The Kier molecular flexibility index (Phi) is 4.91. The average molecular weight is 438 g/mol. The van der Waals surface area contributed by atoms with Crippen LogP contribution < -0.4 is 0 Å². The summed E-state index contributed by atoms with van der Waals surface area (Å²) in [6.07, 6.45) is 5.39. The van der Waals surface area contributed by atoms with E-state index in [-0.39, 0.29) is 0 Å². The molecule has 0 spiro atoms. The Balaban J connectivity index is 2.51. The maximum Gasteiger partial charge on any atom is 0.162 e. The molecule has 0 saturated carbocycles. The third-order valence-corrected chi connectivity index (χ3v) is 4.49. The lowest BCUT2D eigenvalue weighted by Crippen LogP contribution is -2.00. The van der Waals surface area contributed by atoms with Gasteiger partial charge in [0.15, 0.2) is 5.82 Å². The predicted octanol–water partition coefficient (Wildman–Crippen LogP) is 4.51. The molecular weight excluding hydrogens is 428 g/mol. The fourth-order valence-electron chi connectivity index (χ4n) is 1.53. The van der Waals surface area contributed by atoms with Crippen molar-refractivity contribution in [3.63, 3.8) is 0 Å². The fourth-order valence-corrected chi connectivity index (χ4v) is 2.59. The van der Waals surface area contributed by atoms with Gasteiger partial charge in [0.2, 0.25) is 0 Å². The van der Waals surface area contributed by atoms with Crippen molar-refractivity contribution in [3.8, 4) is 11.4 Å². The van der Waals surface area contributed by atoms with E-state index in [2.05, 4.69) is 60.4 Å². The molecule has 0 atom stereocenters. The summed E-state index contributed by atoms with van der Waals surface area (Å²) in [4.78, 5) is 13.0. The maximum atomic E-state index is 6.15. The highest BCUT2D eigenvalue weighted by Crippen LogP contribution is 2.25. The van der Waals surface area contributed by atoms with Gasteiger partial charge < -0.3 is 0 Å². The Morgan fingerprint density at radius 1 is 1.33 bits per heavy atom. The van der Waals surface area contributed by atoms with Gasteiger partial charge in [0.1, 0.15) is 5.15 Å². The minimum atomic E-state index is 0.504. The van der Waals surface area contributed by atoms with E-state index in [1.54, 1.807) is 12.4 Å². The summed E-state index contributed by atoms with van der Waals surface area (Å²) in [6.45, 7) is 2.12. The predicted molar refractivity (Wildman–Crippen MR) is 84.7 cm³/mol. The Labute approximate surface area is 133 Å². The van der Waals surface area contributed by atoms with Gasteiger partial charge in [0, 0.05) is 22.4 Å². The monoisotopic (exact) mass is 437 g/mol. The number of rotatable bonds is 3. The van der Waals surface area contributed by atoms with E-state index < -0.39 is 0 Å². The van der Waals surface area contributed by atoms with Crippen molar-refractivity contribution in [3.05, 3.63) is 37.3 Å². The summed E-state index contributed by atoms with van der Waals surface area (Å²) in [5.74, 6) is 0.623. The molecule has 0 unspecified atom stereocenters. The molecule has 0 aromatic carbocycles. The average Bonchev–Trinajstić information content (AvgIpc) is 2.35. The quantitative estimate of drug-likeness (QED) is 0.523. The summed E-state index contributed by atoms with van der Waals surface area (Å²) in [5.41, 5.74) is 1.85. The molecule has 2 aromatic rings. The van der Waals surface area contributed by atoms with Crippen LogP contribution in [-0.2, 0) is 6.42 Å². The van der Waals surface area contributed by atoms with Gasteiger partial charge in [-0.05, 0) is 51.0 Å². The normalized spacial score (nSPS) is 10.7. The van der Waals surface area contributed by atoms with Gasteiger partial charge in [-0.3, -0.25) is 4.98 Å². The highest BCUT2D eigenvalue weighted by molar-refractivity contribution is 14.1. The van der Waals surface area contributed by atoms with Crippen LogP contribution in [0.2, 0.25) is 5.15 Å². The Morgan fingerprint density at radius 3 is 2.78 bits per heavy atom. The van der Waals surface area contributed by atoms with E-state index in [0.717, 1.165) is 32.1 Å². The van der Waals surface area contributed by atoms with Crippen LogP contribution in [0.3, 0.4) is 0 Å². The molecule has 0 bridgehead atoms. The molecule has 0 saturated heterocycles. The van der Waals surface area contributed by atoms with E-state index in [0.29, 0.717) is 11.0 Å². The second-order valence-corrected chi connectivity index (χ2v) is 6.09. The van der Waals surface area contributed by atoms with Crippen LogP contribution in [-0.4, -0.2) is 15.0 Å². The number of hydrogen-bond donors (Lipinski definition) is 0. The minimum absolute atomic E-state index is 0.504. The van der Waals surface area contributed by atoms with Crippen molar-refractivity contribution in [2.45, 2.75) is 19.8 Å². The number of aromatic nitrogens is 3. The van der Waals surface area contributed by atoms with Crippen molar-refractivity contribution in [1.82, 2.24) is 15.0 Å². The Hall–Kier alpha value is -0.270. The summed E-state index contributed by atoms with van der Waals surface area (Å²) >= 11 is 11.7. The SMILES string of the molecule is CCCc1nc(-c2cncc(Br)c2)nc(Cl)c1I. The van der Waals surface area contributed by atoms with Crippen LogP contribution in [0.25, 0.3) is 11.4 Å². The number of nitrogens with zero attached hydrogens (tertiary/aromatic N) is 3. The highest BCUT2D eigenvalue weighted by atomic mass is 127. The van der Waals surface area contributed by atoms with Crippen molar-refractivity contribution >= 4 is 50.1 Å². The molecule has 0 fully saturated rings. The van der Waals surface area contributed by atoms with E-state index >= 15 is 0 Å². The molecule has 3 nitrogen and oxygen atoms in total. The molecule has 94 valence electrons. The molecule has 2 heterocycles. The van der Waals surface area contributed by atoms with E-state index in [1.807, 2.05) is 6.07 Å². The molecule has 0 N–H and O–H groups in total. The van der Waals surface area contributed by atoms with Gasteiger partial charge in [-0.25, -0.2) is 9.97 Å². The smallest absolute Gasteiger partial charge is 0.162 e.